The van der Waals surface area contributed by atoms with Crippen LogP contribution >= 0.6 is 0 Å². The summed E-state index contributed by atoms with van der Waals surface area (Å²) >= 11 is 0. The number of pyridine rings is 1. The van der Waals surface area contributed by atoms with Crippen LogP contribution in [0.1, 0.15) is 5.56 Å². The third-order valence-corrected chi connectivity index (χ3v) is 4.70. The summed E-state index contributed by atoms with van der Waals surface area (Å²) in [6.07, 6.45) is -2.79. The zero-order valence-corrected chi connectivity index (χ0v) is 15.1. The third kappa shape index (κ3) is 3.84. The van der Waals surface area contributed by atoms with Gasteiger partial charge in [0.2, 0.25) is 5.82 Å². The molecule has 6 nitrogen and oxygen atoms in total. The third-order valence-electron chi connectivity index (χ3n) is 4.70. The molecule has 3 aromatic rings. The van der Waals surface area contributed by atoms with Gasteiger partial charge < -0.3 is 14.3 Å². The van der Waals surface area contributed by atoms with E-state index in [4.69, 9.17) is 4.52 Å². The summed E-state index contributed by atoms with van der Waals surface area (Å²) in [6.45, 7) is 3.77. The maximum atomic E-state index is 12.9. The Labute approximate surface area is 159 Å². The monoisotopic (exact) mass is 389 g/mol. The number of hydrogen-bond acceptors (Lipinski definition) is 6. The maximum absolute atomic E-state index is 12.9. The fourth-order valence-electron chi connectivity index (χ4n) is 3.03. The van der Waals surface area contributed by atoms with Gasteiger partial charge in [-0.2, -0.15) is 18.2 Å². The van der Waals surface area contributed by atoms with Gasteiger partial charge in [0.05, 0.1) is 11.1 Å². The Morgan fingerprint density at radius 3 is 2.46 bits per heavy atom. The van der Waals surface area contributed by atoms with E-state index < -0.39 is 11.7 Å². The van der Waals surface area contributed by atoms with Gasteiger partial charge in [0.15, 0.2) is 0 Å². The molecule has 2 aromatic heterocycles. The van der Waals surface area contributed by atoms with Crippen molar-refractivity contribution in [2.75, 3.05) is 38.1 Å². The Morgan fingerprint density at radius 1 is 1.00 bits per heavy atom. The van der Waals surface area contributed by atoms with Crippen LogP contribution in [0.25, 0.3) is 22.8 Å². The fourth-order valence-corrected chi connectivity index (χ4v) is 3.03. The molecule has 1 aliphatic heterocycles. The molecule has 0 N–H and O–H groups in total. The van der Waals surface area contributed by atoms with Crippen LogP contribution in [0.5, 0.6) is 0 Å². The molecule has 0 unspecified atom stereocenters. The van der Waals surface area contributed by atoms with Crippen LogP contribution in [0, 0.1) is 0 Å². The lowest BCUT2D eigenvalue weighted by Gasteiger charge is -2.33. The van der Waals surface area contributed by atoms with Crippen molar-refractivity contribution in [3.8, 4) is 22.8 Å². The number of alkyl halides is 3. The van der Waals surface area contributed by atoms with Gasteiger partial charge in [-0.05, 0) is 31.3 Å². The predicted molar refractivity (Wildman–Crippen MR) is 97.7 cm³/mol. The second-order valence-electron chi connectivity index (χ2n) is 6.70. The molecule has 0 saturated carbocycles. The Kier molecular flexibility index (Phi) is 4.76. The molecule has 3 heterocycles. The van der Waals surface area contributed by atoms with Crippen LogP contribution in [0.3, 0.4) is 0 Å². The van der Waals surface area contributed by atoms with Gasteiger partial charge in [0.25, 0.3) is 5.89 Å². The SMILES string of the molecule is CN1CCN(c2ccc(-c3nc(-c4cccc(C(F)(F)F)c4)no3)cn2)CC1. The van der Waals surface area contributed by atoms with Gasteiger partial charge in [-0.15, -0.1) is 0 Å². The predicted octanol–water partition coefficient (Wildman–Crippen LogP) is 3.57. The maximum Gasteiger partial charge on any atom is 0.416 e. The second kappa shape index (κ2) is 7.23. The van der Waals surface area contributed by atoms with Gasteiger partial charge in [0, 0.05) is 37.9 Å². The van der Waals surface area contributed by atoms with Crippen molar-refractivity contribution in [1.29, 1.82) is 0 Å². The highest BCUT2D eigenvalue weighted by Gasteiger charge is 2.30. The Morgan fingerprint density at radius 2 is 1.79 bits per heavy atom. The van der Waals surface area contributed by atoms with Crippen molar-refractivity contribution in [2.45, 2.75) is 6.18 Å². The van der Waals surface area contributed by atoms with E-state index in [-0.39, 0.29) is 17.3 Å². The van der Waals surface area contributed by atoms with E-state index in [1.807, 2.05) is 12.1 Å². The van der Waals surface area contributed by atoms with E-state index in [9.17, 15) is 13.2 Å². The molecule has 28 heavy (non-hydrogen) atoms. The largest absolute Gasteiger partial charge is 0.416 e. The average Bonchev–Trinajstić information content (AvgIpc) is 3.18. The van der Waals surface area contributed by atoms with Gasteiger partial charge in [-0.25, -0.2) is 4.98 Å². The molecule has 0 bridgehead atoms. The van der Waals surface area contributed by atoms with E-state index in [0.717, 1.165) is 44.1 Å². The van der Waals surface area contributed by atoms with Crippen LogP contribution in [-0.4, -0.2) is 53.3 Å². The Bertz CT molecular complexity index is 947. The summed E-state index contributed by atoms with van der Waals surface area (Å²) in [5.41, 5.74) is 0.102. The van der Waals surface area contributed by atoms with Crippen molar-refractivity contribution in [1.82, 2.24) is 20.0 Å². The van der Waals surface area contributed by atoms with Crippen LogP contribution in [0.4, 0.5) is 19.0 Å². The first kappa shape index (κ1) is 18.4. The molecule has 1 aliphatic rings. The lowest BCUT2D eigenvalue weighted by Crippen LogP contribution is -2.44. The van der Waals surface area contributed by atoms with Gasteiger partial charge >= 0.3 is 6.18 Å². The van der Waals surface area contributed by atoms with Gasteiger partial charge in [-0.3, -0.25) is 0 Å². The quantitative estimate of drug-likeness (QED) is 0.683. The average molecular weight is 389 g/mol. The fraction of sp³-hybridized carbons (Fsp3) is 0.316. The first-order chi connectivity index (χ1) is 13.4. The van der Waals surface area contributed by atoms with Crippen molar-refractivity contribution in [3.05, 3.63) is 48.2 Å². The minimum Gasteiger partial charge on any atom is -0.354 e. The molecule has 0 aliphatic carbocycles. The van der Waals surface area contributed by atoms with Crippen molar-refractivity contribution >= 4 is 5.82 Å². The lowest BCUT2D eigenvalue weighted by molar-refractivity contribution is -0.137. The molecule has 1 fully saturated rings. The number of aromatic nitrogens is 3. The molecular formula is C19H18F3N5O. The molecule has 0 amide bonds. The van der Waals surface area contributed by atoms with E-state index in [1.165, 1.54) is 12.1 Å². The number of piperazine rings is 1. The van der Waals surface area contributed by atoms with E-state index in [2.05, 4.69) is 32.0 Å². The molecule has 0 spiro atoms. The van der Waals surface area contributed by atoms with Gasteiger partial charge in [0.1, 0.15) is 5.82 Å². The number of likely N-dealkylation sites (N-methyl/N-ethyl adjacent to an activating group) is 1. The number of rotatable bonds is 3. The second-order valence-corrected chi connectivity index (χ2v) is 6.70. The smallest absolute Gasteiger partial charge is 0.354 e. The molecule has 9 heteroatoms. The van der Waals surface area contributed by atoms with E-state index in [0.29, 0.717) is 5.56 Å². The Hall–Kier alpha value is -2.94. The first-order valence-electron chi connectivity index (χ1n) is 8.81. The highest BCUT2D eigenvalue weighted by molar-refractivity contribution is 5.61. The van der Waals surface area contributed by atoms with Crippen LogP contribution in [0.15, 0.2) is 47.1 Å². The molecule has 146 valence electrons. The summed E-state index contributed by atoms with van der Waals surface area (Å²) < 4.78 is 43.9. The Balaban J connectivity index is 1.53. The van der Waals surface area contributed by atoms with Crippen molar-refractivity contribution in [3.63, 3.8) is 0 Å². The van der Waals surface area contributed by atoms with Crippen molar-refractivity contribution < 1.29 is 17.7 Å². The number of hydrogen-bond donors (Lipinski definition) is 0. The molecule has 0 radical (unpaired) electrons. The lowest BCUT2D eigenvalue weighted by atomic mass is 10.1. The standard InChI is InChI=1S/C19H18F3N5O/c1-26-7-9-27(10-8-26)16-6-5-14(12-23-16)18-24-17(25-28-18)13-3-2-4-15(11-13)19(20,21)22/h2-6,11-12H,7-10H2,1H3. The zero-order chi connectivity index (χ0) is 19.7. The van der Waals surface area contributed by atoms with Crippen LogP contribution in [-0.2, 0) is 6.18 Å². The summed E-state index contributed by atoms with van der Waals surface area (Å²) in [7, 11) is 2.09. The molecule has 4 rings (SSSR count). The molecule has 1 saturated heterocycles. The van der Waals surface area contributed by atoms with Crippen molar-refractivity contribution in [2.24, 2.45) is 0 Å². The topological polar surface area (TPSA) is 58.3 Å². The first-order valence-corrected chi connectivity index (χ1v) is 8.81. The summed E-state index contributed by atoms with van der Waals surface area (Å²) in [4.78, 5) is 13.1. The summed E-state index contributed by atoms with van der Waals surface area (Å²) in [6, 6.07) is 8.55. The van der Waals surface area contributed by atoms with Crippen LogP contribution < -0.4 is 4.90 Å². The highest BCUT2D eigenvalue weighted by Crippen LogP contribution is 2.32. The normalized spacial score (nSPS) is 15.8. The number of benzene rings is 1. The molecule has 1 aromatic carbocycles. The number of anilines is 1. The highest BCUT2D eigenvalue weighted by atomic mass is 19.4. The zero-order valence-electron chi connectivity index (χ0n) is 15.1. The summed E-state index contributed by atoms with van der Waals surface area (Å²) in [5.74, 6) is 1.18. The van der Waals surface area contributed by atoms with E-state index in [1.54, 1.807) is 6.20 Å². The number of halogens is 3. The minimum atomic E-state index is -4.43. The molecular weight excluding hydrogens is 371 g/mol. The van der Waals surface area contributed by atoms with Gasteiger partial charge in [-0.1, -0.05) is 17.3 Å². The molecule has 0 atom stereocenters. The number of nitrogens with zero attached hydrogens (tertiary/aromatic N) is 5. The van der Waals surface area contributed by atoms with E-state index >= 15 is 0 Å². The van der Waals surface area contributed by atoms with Crippen LogP contribution in [0.2, 0.25) is 0 Å². The summed E-state index contributed by atoms with van der Waals surface area (Å²) in [5, 5.41) is 3.81. The minimum absolute atomic E-state index is 0.101.